The molecule has 8 heteroatoms. The molecule has 51 heavy (non-hydrogen) atoms. The lowest BCUT2D eigenvalue weighted by Crippen LogP contribution is -2.02. The normalized spacial score (nSPS) is 11.5. The van der Waals surface area contributed by atoms with E-state index in [2.05, 4.69) is 98.6 Å². The molecular weight excluding hydrogens is 629 g/mol. The first-order chi connectivity index (χ1) is 25.3. The maximum absolute atomic E-state index is 5.26. The van der Waals surface area contributed by atoms with Crippen LogP contribution < -0.4 is 0 Å². The highest BCUT2D eigenvalue weighted by atomic mass is 15.1. The maximum atomic E-state index is 5.26. The third-order valence-electron chi connectivity index (χ3n) is 9.14. The van der Waals surface area contributed by atoms with Crippen molar-refractivity contribution in [2.45, 2.75) is 0 Å². The van der Waals surface area contributed by atoms with E-state index in [1.54, 1.807) is 0 Å². The number of hydrogen-bond acceptors (Lipinski definition) is 5. The summed E-state index contributed by atoms with van der Waals surface area (Å²) in [6, 6.07) is 53.5. The van der Waals surface area contributed by atoms with Gasteiger partial charge in [0.1, 0.15) is 28.5 Å². The van der Waals surface area contributed by atoms with Crippen LogP contribution in [0.1, 0.15) is 0 Å². The summed E-state index contributed by atoms with van der Waals surface area (Å²) in [4.78, 5) is 25.3. The van der Waals surface area contributed by atoms with Crippen molar-refractivity contribution in [2.75, 3.05) is 0 Å². The summed E-state index contributed by atoms with van der Waals surface area (Å²) in [5, 5.41) is 0. The van der Waals surface area contributed by atoms with E-state index in [-0.39, 0.29) is 0 Å². The lowest BCUT2D eigenvalue weighted by atomic mass is 10.0. The molecule has 10 rings (SSSR count). The molecule has 0 aliphatic carbocycles. The van der Waals surface area contributed by atoms with E-state index in [0.29, 0.717) is 0 Å². The fourth-order valence-corrected chi connectivity index (χ4v) is 6.93. The van der Waals surface area contributed by atoms with Gasteiger partial charge in [-0.2, -0.15) is 0 Å². The first-order valence-corrected chi connectivity index (χ1v) is 16.8. The predicted octanol–water partition coefficient (Wildman–Crippen LogP) is 9.49. The van der Waals surface area contributed by atoms with Gasteiger partial charge in [0, 0.05) is 46.1 Å². The zero-order valence-corrected chi connectivity index (χ0v) is 27.2. The van der Waals surface area contributed by atoms with Gasteiger partial charge in [-0.3, -0.25) is 13.7 Å². The highest BCUT2D eigenvalue weighted by Gasteiger charge is 2.23. The van der Waals surface area contributed by atoms with Gasteiger partial charge in [0.15, 0.2) is 11.3 Å². The van der Waals surface area contributed by atoms with Crippen molar-refractivity contribution in [1.29, 1.82) is 0 Å². The summed E-state index contributed by atoms with van der Waals surface area (Å²) < 4.78 is 6.47. The van der Waals surface area contributed by atoms with Gasteiger partial charge in [0.05, 0.1) is 11.0 Å². The molecule has 0 bridgehead atoms. The highest BCUT2D eigenvalue weighted by Crippen LogP contribution is 2.38. The number of hydrogen-bond donors (Lipinski definition) is 0. The molecule has 0 fully saturated rings. The van der Waals surface area contributed by atoms with Gasteiger partial charge in [-0.1, -0.05) is 66.7 Å². The van der Waals surface area contributed by atoms with Gasteiger partial charge in [-0.05, 0) is 91.0 Å². The fraction of sp³-hybridized carbons (Fsp3) is 0. The van der Waals surface area contributed by atoms with Crippen LogP contribution in [0.3, 0.4) is 0 Å². The Balaban J connectivity index is 1.31. The average Bonchev–Trinajstić information content (AvgIpc) is 3.91. The van der Waals surface area contributed by atoms with Crippen molar-refractivity contribution in [3.05, 3.63) is 170 Å². The van der Waals surface area contributed by atoms with Crippen LogP contribution in [0.4, 0.5) is 0 Å². The molecule has 0 N–H and O–H groups in total. The molecular formula is C43H28N8. The van der Waals surface area contributed by atoms with E-state index < -0.39 is 0 Å². The minimum absolute atomic E-state index is 0.765. The molecule has 0 spiro atoms. The zero-order chi connectivity index (χ0) is 33.7. The van der Waals surface area contributed by atoms with E-state index in [1.807, 2.05) is 85.2 Å². The van der Waals surface area contributed by atoms with E-state index in [4.69, 9.17) is 24.9 Å². The standard InChI is InChI=1S/C43H28N8/c1-4-14-32(15-5-1)49-38-23-11-10-20-35(38)46-39(49)29-26-30(40-47-36-21-12-24-44-42(36)50(40)33-16-6-2-7-17-33)28-31(27-29)41-48-37-22-13-25-45-43(37)51(41)34-18-8-3-9-19-34/h1-28H. The number of para-hydroxylation sites is 5. The van der Waals surface area contributed by atoms with Crippen molar-refractivity contribution >= 4 is 33.4 Å². The molecule has 10 aromatic rings. The Bertz CT molecular complexity index is 2530. The monoisotopic (exact) mass is 656 g/mol. The van der Waals surface area contributed by atoms with Gasteiger partial charge in [-0.25, -0.2) is 24.9 Å². The zero-order valence-electron chi connectivity index (χ0n) is 27.2. The first-order valence-electron chi connectivity index (χ1n) is 16.8. The molecule has 0 radical (unpaired) electrons. The molecule has 0 aliphatic heterocycles. The van der Waals surface area contributed by atoms with Crippen LogP contribution in [-0.4, -0.2) is 38.6 Å². The van der Waals surface area contributed by atoms with Crippen molar-refractivity contribution in [3.63, 3.8) is 0 Å². The molecule has 0 aliphatic rings. The Morgan fingerprint density at radius 1 is 0.333 bits per heavy atom. The van der Waals surface area contributed by atoms with Crippen LogP contribution in [-0.2, 0) is 0 Å². The number of pyridine rings is 2. The minimum Gasteiger partial charge on any atom is -0.292 e. The van der Waals surface area contributed by atoms with Crippen LogP contribution in [0, 0.1) is 0 Å². The lowest BCUT2D eigenvalue weighted by Gasteiger charge is -2.15. The molecule has 8 nitrogen and oxygen atoms in total. The Labute approximate surface area is 292 Å². The summed E-state index contributed by atoms with van der Waals surface area (Å²) in [5.41, 5.74) is 10.8. The van der Waals surface area contributed by atoms with Gasteiger partial charge < -0.3 is 0 Å². The molecule has 0 saturated carbocycles. The molecule has 0 saturated heterocycles. The third-order valence-corrected chi connectivity index (χ3v) is 9.14. The number of rotatable bonds is 6. The molecule has 0 amide bonds. The molecule has 0 unspecified atom stereocenters. The van der Waals surface area contributed by atoms with Gasteiger partial charge in [-0.15, -0.1) is 0 Å². The van der Waals surface area contributed by atoms with Crippen molar-refractivity contribution in [3.8, 4) is 51.2 Å². The maximum Gasteiger partial charge on any atom is 0.164 e. The Morgan fingerprint density at radius 3 is 1.20 bits per heavy atom. The number of aromatic nitrogens is 8. The average molecular weight is 657 g/mol. The predicted molar refractivity (Wildman–Crippen MR) is 202 cm³/mol. The van der Waals surface area contributed by atoms with Crippen LogP contribution in [0.25, 0.3) is 84.6 Å². The first kappa shape index (κ1) is 28.8. The number of imidazole rings is 3. The van der Waals surface area contributed by atoms with Crippen molar-refractivity contribution < 1.29 is 0 Å². The molecule has 5 aromatic heterocycles. The van der Waals surface area contributed by atoms with E-state index in [9.17, 15) is 0 Å². The Kier molecular flexibility index (Phi) is 6.63. The smallest absolute Gasteiger partial charge is 0.164 e. The Morgan fingerprint density at radius 2 is 0.706 bits per heavy atom. The van der Waals surface area contributed by atoms with Gasteiger partial charge in [0.25, 0.3) is 0 Å². The SMILES string of the molecule is c1ccc(-n2c(-c3cc(-c4nc5cccnc5n4-c4ccccc4)cc(-c4nc5cccnc5n4-c4ccccc4)c3)nc3ccccc32)cc1. The molecule has 5 aromatic carbocycles. The second kappa shape index (κ2) is 11.7. The molecule has 0 atom stereocenters. The van der Waals surface area contributed by atoms with E-state index >= 15 is 0 Å². The van der Waals surface area contributed by atoms with Crippen molar-refractivity contribution in [1.82, 2.24) is 38.6 Å². The Hall–Kier alpha value is -7.19. The van der Waals surface area contributed by atoms with E-state index in [0.717, 1.165) is 84.6 Å². The fourth-order valence-electron chi connectivity index (χ4n) is 6.93. The highest BCUT2D eigenvalue weighted by molar-refractivity contribution is 5.88. The lowest BCUT2D eigenvalue weighted by molar-refractivity contribution is 1.07. The summed E-state index contributed by atoms with van der Waals surface area (Å²) in [7, 11) is 0. The molecule has 5 heterocycles. The van der Waals surface area contributed by atoms with Crippen LogP contribution in [0.5, 0.6) is 0 Å². The summed E-state index contributed by atoms with van der Waals surface area (Å²) in [5.74, 6) is 2.34. The van der Waals surface area contributed by atoms with Crippen LogP contribution in [0.15, 0.2) is 170 Å². The van der Waals surface area contributed by atoms with Crippen molar-refractivity contribution in [2.24, 2.45) is 0 Å². The molecule has 240 valence electrons. The largest absolute Gasteiger partial charge is 0.292 e. The van der Waals surface area contributed by atoms with Crippen LogP contribution >= 0.6 is 0 Å². The quantitative estimate of drug-likeness (QED) is 0.178. The minimum atomic E-state index is 0.765. The summed E-state index contributed by atoms with van der Waals surface area (Å²) >= 11 is 0. The number of fused-ring (bicyclic) bond motifs is 3. The second-order valence-corrected chi connectivity index (χ2v) is 12.3. The van der Waals surface area contributed by atoms with Gasteiger partial charge in [0.2, 0.25) is 0 Å². The van der Waals surface area contributed by atoms with Gasteiger partial charge >= 0.3 is 0 Å². The summed E-state index contributed by atoms with van der Waals surface area (Å²) in [6.45, 7) is 0. The second-order valence-electron chi connectivity index (χ2n) is 12.3. The third kappa shape index (κ3) is 4.81. The van der Waals surface area contributed by atoms with E-state index in [1.165, 1.54) is 0 Å². The topological polar surface area (TPSA) is 79.2 Å². The summed E-state index contributed by atoms with van der Waals surface area (Å²) in [6.07, 6.45) is 3.62. The van der Waals surface area contributed by atoms with Crippen LogP contribution in [0.2, 0.25) is 0 Å². The number of nitrogens with zero attached hydrogens (tertiary/aromatic N) is 8. The number of benzene rings is 5.